The minimum atomic E-state index is -3.93. The van der Waals surface area contributed by atoms with Gasteiger partial charge in [0.15, 0.2) is 0 Å². The number of likely N-dealkylation sites (tertiary alicyclic amines) is 1. The van der Waals surface area contributed by atoms with Crippen LogP contribution in [-0.2, 0) is 25.1 Å². The van der Waals surface area contributed by atoms with Gasteiger partial charge in [-0.25, -0.2) is 17.6 Å². The van der Waals surface area contributed by atoms with E-state index in [-0.39, 0.29) is 18.7 Å². The minimum absolute atomic E-state index is 0.0446. The Bertz CT molecular complexity index is 1440. The van der Waals surface area contributed by atoms with Crippen LogP contribution >= 0.6 is 0 Å². The van der Waals surface area contributed by atoms with Crippen LogP contribution in [0.1, 0.15) is 84.9 Å². The number of hydrogen-bond donors (Lipinski definition) is 3. The summed E-state index contributed by atoms with van der Waals surface area (Å²) in [5.41, 5.74) is -1.50. The largest absolute Gasteiger partial charge is 0.444 e. The fourth-order valence-corrected chi connectivity index (χ4v) is 6.18. The first-order valence-corrected chi connectivity index (χ1v) is 16.1. The van der Waals surface area contributed by atoms with Crippen molar-refractivity contribution in [3.63, 3.8) is 0 Å². The van der Waals surface area contributed by atoms with E-state index in [1.54, 1.807) is 65.9 Å². The van der Waals surface area contributed by atoms with E-state index in [0.717, 1.165) is 17.7 Å². The normalized spacial score (nSPS) is 20.9. The zero-order valence-electron chi connectivity index (χ0n) is 25.7. The van der Waals surface area contributed by atoms with Gasteiger partial charge in [-0.1, -0.05) is 25.0 Å². The predicted octanol–water partition coefficient (Wildman–Crippen LogP) is 4.68. The summed E-state index contributed by atoms with van der Waals surface area (Å²) in [6.45, 7) is 9.77. The molecule has 2 aromatic rings. The van der Waals surface area contributed by atoms with Gasteiger partial charge in [0, 0.05) is 12.6 Å². The van der Waals surface area contributed by atoms with Crippen LogP contribution in [0.15, 0.2) is 42.6 Å². The Kier molecular flexibility index (Phi) is 9.25. The predicted molar refractivity (Wildman–Crippen MR) is 161 cm³/mol. The van der Waals surface area contributed by atoms with E-state index in [4.69, 9.17) is 4.74 Å². The first kappa shape index (κ1) is 32.8. The van der Waals surface area contributed by atoms with Crippen molar-refractivity contribution in [2.75, 3.05) is 11.9 Å². The van der Waals surface area contributed by atoms with E-state index in [1.165, 1.54) is 18.2 Å². The van der Waals surface area contributed by atoms with Crippen molar-refractivity contribution in [1.29, 1.82) is 0 Å². The summed E-state index contributed by atoms with van der Waals surface area (Å²) in [7, 11) is -3.93. The molecule has 2 fully saturated rings. The van der Waals surface area contributed by atoms with Gasteiger partial charge in [-0.15, -0.1) is 0 Å². The lowest BCUT2D eigenvalue weighted by molar-refractivity contribution is -0.120. The van der Waals surface area contributed by atoms with Crippen molar-refractivity contribution in [2.45, 2.75) is 102 Å². The van der Waals surface area contributed by atoms with Crippen LogP contribution in [-0.4, -0.2) is 64.4 Å². The van der Waals surface area contributed by atoms with E-state index in [9.17, 15) is 23.1 Å². The molecule has 0 spiro atoms. The maximum atomic E-state index is 15.3. The molecule has 2 aliphatic rings. The third kappa shape index (κ3) is 7.71. The molecule has 4 rings (SSSR count). The summed E-state index contributed by atoms with van der Waals surface area (Å²) in [4.78, 5) is 31.9. The molecule has 1 aliphatic heterocycles. The molecule has 3 N–H and O–H groups in total. The maximum Gasteiger partial charge on any atom is 0.411 e. The molecule has 1 saturated carbocycles. The lowest BCUT2D eigenvalue weighted by Gasteiger charge is -2.37. The number of benzene rings is 1. The van der Waals surface area contributed by atoms with Gasteiger partial charge < -0.3 is 15.2 Å². The highest BCUT2D eigenvalue weighted by molar-refractivity contribution is 7.90. The topological polar surface area (TPSA) is 138 Å². The third-order valence-corrected chi connectivity index (χ3v) is 10.00. The molecular formula is C31H43FN4O6S. The van der Waals surface area contributed by atoms with Crippen LogP contribution < -0.4 is 10.0 Å². The number of ether oxygens (including phenoxy) is 1. The SMILES string of the molecule is CC(C)(C)OC(=O)N1C[C@H](O)C[C@@H]1C(=O)Nc1cc([C@](CCC2CC2)(NS(=O)(=O)C(C)(C)C)c2ccccn2)ccc1F. The molecule has 2 amide bonds. The summed E-state index contributed by atoms with van der Waals surface area (Å²) >= 11 is 0. The third-order valence-electron chi connectivity index (χ3n) is 7.77. The van der Waals surface area contributed by atoms with Crippen molar-refractivity contribution in [2.24, 2.45) is 5.92 Å². The number of nitrogens with zero attached hydrogens (tertiary/aromatic N) is 2. The number of sulfonamides is 1. The van der Waals surface area contributed by atoms with Crippen molar-refractivity contribution in [3.8, 4) is 0 Å². The smallest absolute Gasteiger partial charge is 0.411 e. The molecule has 2 heterocycles. The van der Waals surface area contributed by atoms with Gasteiger partial charge in [0.05, 0.1) is 34.3 Å². The van der Waals surface area contributed by atoms with Gasteiger partial charge in [0.2, 0.25) is 15.9 Å². The van der Waals surface area contributed by atoms with Crippen LogP contribution in [0, 0.1) is 11.7 Å². The summed E-state index contributed by atoms with van der Waals surface area (Å²) in [6.07, 6.45) is 3.01. The number of β-amino-alcohol motifs (C(OH)–C–C–N with tert-alkyl or cyclic N) is 1. The molecule has 10 nitrogen and oxygen atoms in total. The number of aliphatic hydroxyl groups is 1. The number of nitrogens with one attached hydrogen (secondary N) is 2. The fraction of sp³-hybridized carbons (Fsp3) is 0.581. The average molecular weight is 619 g/mol. The Labute approximate surface area is 253 Å². The van der Waals surface area contributed by atoms with Gasteiger partial charge >= 0.3 is 6.09 Å². The molecular weight excluding hydrogens is 575 g/mol. The summed E-state index contributed by atoms with van der Waals surface area (Å²) in [5, 5.41) is 12.9. The summed E-state index contributed by atoms with van der Waals surface area (Å²) in [5.74, 6) is -0.986. The molecule has 1 aromatic heterocycles. The molecule has 0 bridgehead atoms. The Morgan fingerprint density at radius 2 is 1.81 bits per heavy atom. The van der Waals surface area contributed by atoms with Crippen LogP contribution in [0.4, 0.5) is 14.9 Å². The Hall–Kier alpha value is -3.09. The number of amides is 2. The first-order valence-electron chi connectivity index (χ1n) is 14.7. The monoisotopic (exact) mass is 618 g/mol. The van der Waals surface area contributed by atoms with Gasteiger partial charge in [-0.3, -0.25) is 14.7 Å². The van der Waals surface area contributed by atoms with Gasteiger partial charge in [0.1, 0.15) is 17.5 Å². The average Bonchev–Trinajstić information content (AvgIpc) is 3.65. The molecule has 1 saturated heterocycles. The number of aliphatic hydroxyl groups excluding tert-OH is 1. The fourth-order valence-electron chi connectivity index (χ4n) is 5.09. The van der Waals surface area contributed by atoms with E-state index in [0.29, 0.717) is 30.0 Å². The first-order chi connectivity index (χ1) is 19.9. The van der Waals surface area contributed by atoms with Crippen LogP contribution in [0.5, 0.6) is 0 Å². The van der Waals surface area contributed by atoms with Crippen LogP contribution in [0.2, 0.25) is 0 Å². The Balaban J connectivity index is 1.74. The van der Waals surface area contributed by atoms with Crippen LogP contribution in [0.25, 0.3) is 0 Å². The molecule has 236 valence electrons. The Morgan fingerprint density at radius 1 is 1.12 bits per heavy atom. The van der Waals surface area contributed by atoms with E-state index in [1.807, 2.05) is 0 Å². The number of halogens is 1. The zero-order valence-corrected chi connectivity index (χ0v) is 26.5. The van der Waals surface area contributed by atoms with Crippen molar-refractivity contribution >= 4 is 27.7 Å². The lowest BCUT2D eigenvalue weighted by Crippen LogP contribution is -2.52. The number of rotatable bonds is 9. The standard InChI is InChI=1S/C31H43FN4O6S/c1-29(2,3)42-28(39)36-19-22(37)18-25(36)27(38)34-24-17-21(12-13-23(24)32)31(15-14-20-10-11-20,26-9-7-8-16-33-26)35-43(40,41)30(4,5)6/h7-9,12-13,16-17,20,22,25,35,37H,10-11,14-15,18-19H2,1-6H3,(H,34,38)/t22-,25-,31+/m1/s1. The highest BCUT2D eigenvalue weighted by atomic mass is 32.2. The molecule has 1 aliphatic carbocycles. The molecule has 43 heavy (non-hydrogen) atoms. The summed E-state index contributed by atoms with van der Waals surface area (Å²) in [6, 6.07) is 8.24. The van der Waals surface area contributed by atoms with E-state index in [2.05, 4.69) is 15.0 Å². The van der Waals surface area contributed by atoms with Crippen molar-refractivity contribution in [3.05, 3.63) is 59.7 Å². The highest BCUT2D eigenvalue weighted by Crippen LogP contribution is 2.42. The lowest BCUT2D eigenvalue weighted by atomic mass is 9.82. The second-order valence-corrected chi connectivity index (χ2v) is 16.0. The van der Waals surface area contributed by atoms with Gasteiger partial charge in [-0.2, -0.15) is 4.72 Å². The Morgan fingerprint density at radius 3 is 2.40 bits per heavy atom. The highest BCUT2D eigenvalue weighted by Gasteiger charge is 2.45. The van der Waals surface area contributed by atoms with Gasteiger partial charge in [-0.05, 0) is 90.1 Å². The molecule has 0 unspecified atom stereocenters. The van der Waals surface area contributed by atoms with Crippen LogP contribution in [0.3, 0.4) is 0 Å². The second-order valence-electron chi connectivity index (χ2n) is 13.5. The minimum Gasteiger partial charge on any atom is -0.444 e. The molecule has 12 heteroatoms. The molecule has 3 atom stereocenters. The zero-order chi connectivity index (χ0) is 31.8. The number of anilines is 1. The molecule has 0 radical (unpaired) electrons. The van der Waals surface area contributed by atoms with E-state index >= 15 is 4.39 Å². The number of pyridine rings is 1. The molecule has 1 aromatic carbocycles. The number of aromatic nitrogens is 1. The number of hydrogen-bond acceptors (Lipinski definition) is 7. The summed E-state index contributed by atoms with van der Waals surface area (Å²) < 4.78 is 49.8. The van der Waals surface area contributed by atoms with Gasteiger partial charge in [0.25, 0.3) is 0 Å². The van der Waals surface area contributed by atoms with Crippen molar-refractivity contribution in [1.82, 2.24) is 14.6 Å². The maximum absolute atomic E-state index is 15.3. The second kappa shape index (κ2) is 12.1. The number of carbonyl (C=O) groups is 2. The quantitative estimate of drug-likeness (QED) is 0.371. The number of carbonyl (C=O) groups excluding carboxylic acids is 2. The van der Waals surface area contributed by atoms with E-state index < -0.39 is 55.9 Å². The van der Waals surface area contributed by atoms with Crippen molar-refractivity contribution < 1.29 is 32.2 Å².